The molecule has 0 unspecified atom stereocenters. The predicted molar refractivity (Wildman–Crippen MR) is 55.0 cm³/mol. The average Bonchev–Trinajstić information content (AvgIpc) is 2.26. The van der Waals surface area contributed by atoms with Gasteiger partial charge in [0.1, 0.15) is 6.61 Å². The second-order valence-electron chi connectivity index (χ2n) is 4.96. The monoisotopic (exact) mass is 308 g/mol. The van der Waals surface area contributed by atoms with E-state index in [0.717, 1.165) is 0 Å². The van der Waals surface area contributed by atoms with Crippen molar-refractivity contribution >= 4 is 5.97 Å². The number of esters is 1. The number of halogens is 6. The molecule has 0 spiro atoms. The lowest BCUT2D eigenvalue weighted by Crippen LogP contribution is -2.58. The summed E-state index contributed by atoms with van der Waals surface area (Å²) in [4.78, 5) is 11.0. The average molecular weight is 308 g/mol. The van der Waals surface area contributed by atoms with Gasteiger partial charge in [0.05, 0.1) is 18.6 Å². The number of alkyl halides is 6. The lowest BCUT2D eigenvalue weighted by molar-refractivity contribution is -0.300. The molecular weight excluding hydrogens is 294 g/mol. The van der Waals surface area contributed by atoms with Crippen LogP contribution in [0.15, 0.2) is 0 Å². The zero-order valence-corrected chi connectivity index (χ0v) is 10.8. The largest absolute Gasteiger partial charge is 0.460 e. The molecule has 0 aromatic rings. The van der Waals surface area contributed by atoms with Crippen LogP contribution in [-0.4, -0.2) is 43.6 Å². The van der Waals surface area contributed by atoms with Crippen molar-refractivity contribution in [3.63, 3.8) is 0 Å². The Morgan fingerprint density at radius 1 is 1.20 bits per heavy atom. The molecular formula is C11H14F6O3. The van der Waals surface area contributed by atoms with Gasteiger partial charge >= 0.3 is 23.7 Å². The highest BCUT2D eigenvalue weighted by Gasteiger charge is 2.74. The van der Waals surface area contributed by atoms with Crippen LogP contribution in [0.25, 0.3) is 0 Å². The Labute approximate surface area is 111 Å². The van der Waals surface area contributed by atoms with E-state index in [-0.39, 0.29) is 20.1 Å². The molecule has 3 nitrogen and oxygen atoms in total. The van der Waals surface area contributed by atoms with Crippen LogP contribution >= 0.6 is 0 Å². The Hall–Kier alpha value is -0.990. The number of carbonyl (C=O) groups is 1. The van der Waals surface area contributed by atoms with Gasteiger partial charge in [-0.15, -0.1) is 0 Å². The van der Waals surface area contributed by atoms with E-state index in [1.807, 2.05) is 0 Å². The maximum atomic E-state index is 13.2. The lowest BCUT2D eigenvalue weighted by atomic mass is 9.84. The van der Waals surface area contributed by atoms with Crippen molar-refractivity contribution in [2.75, 3.05) is 19.8 Å². The summed E-state index contributed by atoms with van der Waals surface area (Å²) >= 11 is 0. The third-order valence-corrected chi connectivity index (χ3v) is 3.28. The molecule has 0 amide bonds. The molecule has 0 radical (unpaired) electrons. The molecule has 0 aromatic carbocycles. The molecule has 0 N–H and O–H groups in total. The standard InChI is InChI=1S/C11H14F6O3/c1-3-9(4-19-5-9)6-20-7(18)10(14,15)11(16,17)8(2,12)13/h3-6H2,1-2H3. The van der Waals surface area contributed by atoms with Gasteiger partial charge in [0.2, 0.25) is 0 Å². The zero-order valence-electron chi connectivity index (χ0n) is 10.8. The summed E-state index contributed by atoms with van der Waals surface area (Å²) in [5.74, 6) is -19.2. The quantitative estimate of drug-likeness (QED) is 0.559. The normalized spacial score (nSPS) is 19.4. The number of hydrogen-bond acceptors (Lipinski definition) is 3. The van der Waals surface area contributed by atoms with E-state index in [9.17, 15) is 31.1 Å². The summed E-state index contributed by atoms with van der Waals surface area (Å²) in [7, 11) is 0. The van der Waals surface area contributed by atoms with Crippen LogP contribution in [0.4, 0.5) is 26.3 Å². The smallest absolute Gasteiger partial charge is 0.410 e. The number of rotatable bonds is 6. The number of ether oxygens (including phenoxy) is 2. The molecule has 0 bridgehead atoms. The van der Waals surface area contributed by atoms with Gasteiger partial charge in [-0.05, 0) is 6.42 Å². The molecule has 1 saturated heterocycles. The molecule has 9 heteroatoms. The SMILES string of the molecule is CCC1(COC(=O)C(F)(F)C(F)(F)C(C)(F)F)COC1. The van der Waals surface area contributed by atoms with Crippen LogP contribution in [0.2, 0.25) is 0 Å². The Balaban J connectivity index is 2.75. The Bertz CT molecular complexity index is 367. The summed E-state index contributed by atoms with van der Waals surface area (Å²) in [6.07, 6.45) is 0.409. The van der Waals surface area contributed by atoms with Crippen LogP contribution in [-0.2, 0) is 14.3 Å². The highest BCUT2D eigenvalue weighted by molar-refractivity contribution is 5.79. The van der Waals surface area contributed by atoms with E-state index in [2.05, 4.69) is 4.74 Å². The summed E-state index contributed by atoms with van der Waals surface area (Å²) < 4.78 is 86.1. The van der Waals surface area contributed by atoms with Crippen molar-refractivity contribution in [2.45, 2.75) is 38.0 Å². The van der Waals surface area contributed by atoms with Crippen LogP contribution in [0.5, 0.6) is 0 Å². The molecule has 20 heavy (non-hydrogen) atoms. The summed E-state index contributed by atoms with van der Waals surface area (Å²) in [6.45, 7) is 0.958. The van der Waals surface area contributed by atoms with Crippen LogP contribution < -0.4 is 0 Å². The Morgan fingerprint density at radius 2 is 1.70 bits per heavy atom. The fourth-order valence-corrected chi connectivity index (χ4v) is 1.49. The highest BCUT2D eigenvalue weighted by Crippen LogP contribution is 2.46. The fourth-order valence-electron chi connectivity index (χ4n) is 1.49. The van der Waals surface area contributed by atoms with Crippen molar-refractivity contribution in [3.8, 4) is 0 Å². The summed E-state index contributed by atoms with van der Waals surface area (Å²) in [5.41, 5.74) is -0.713. The maximum absolute atomic E-state index is 13.2. The van der Waals surface area contributed by atoms with Crippen molar-refractivity contribution in [1.82, 2.24) is 0 Å². The molecule has 1 aliphatic heterocycles. The first-order valence-corrected chi connectivity index (χ1v) is 5.78. The molecule has 1 aliphatic rings. The molecule has 1 rings (SSSR count). The van der Waals surface area contributed by atoms with Crippen LogP contribution in [0.3, 0.4) is 0 Å². The Kier molecular flexibility index (Phi) is 4.34. The predicted octanol–water partition coefficient (Wildman–Crippen LogP) is 2.88. The molecule has 1 heterocycles. The van der Waals surface area contributed by atoms with Gasteiger partial charge in [-0.3, -0.25) is 0 Å². The fraction of sp³-hybridized carbons (Fsp3) is 0.909. The van der Waals surface area contributed by atoms with Crippen LogP contribution in [0, 0.1) is 5.41 Å². The molecule has 0 aromatic heterocycles. The van der Waals surface area contributed by atoms with Gasteiger partial charge < -0.3 is 9.47 Å². The molecule has 0 saturated carbocycles. The molecule has 0 atom stereocenters. The number of carbonyl (C=O) groups excluding carboxylic acids is 1. The third-order valence-electron chi connectivity index (χ3n) is 3.28. The van der Waals surface area contributed by atoms with Gasteiger partial charge in [-0.25, -0.2) is 4.79 Å². The topological polar surface area (TPSA) is 35.5 Å². The van der Waals surface area contributed by atoms with Gasteiger partial charge in [0, 0.05) is 6.92 Å². The first-order valence-electron chi connectivity index (χ1n) is 5.78. The Morgan fingerprint density at radius 3 is 2.00 bits per heavy atom. The van der Waals surface area contributed by atoms with Gasteiger partial charge in [-0.2, -0.15) is 26.3 Å². The maximum Gasteiger partial charge on any atom is 0.410 e. The minimum Gasteiger partial charge on any atom is -0.460 e. The second kappa shape index (κ2) is 5.09. The van der Waals surface area contributed by atoms with E-state index < -0.39 is 35.8 Å². The van der Waals surface area contributed by atoms with Gasteiger partial charge in [-0.1, -0.05) is 6.92 Å². The van der Waals surface area contributed by atoms with E-state index in [1.54, 1.807) is 6.92 Å². The van der Waals surface area contributed by atoms with E-state index >= 15 is 0 Å². The van der Waals surface area contributed by atoms with E-state index in [0.29, 0.717) is 6.42 Å². The van der Waals surface area contributed by atoms with E-state index in [1.165, 1.54) is 0 Å². The summed E-state index contributed by atoms with van der Waals surface area (Å²) in [6, 6.07) is 0. The minimum absolute atomic E-state index is 0.128. The second-order valence-corrected chi connectivity index (χ2v) is 4.96. The lowest BCUT2D eigenvalue weighted by Gasteiger charge is -2.40. The first kappa shape index (κ1) is 17.1. The summed E-state index contributed by atoms with van der Waals surface area (Å²) in [5, 5.41) is 0. The zero-order chi connectivity index (χ0) is 15.8. The van der Waals surface area contributed by atoms with Crippen molar-refractivity contribution in [3.05, 3.63) is 0 Å². The minimum atomic E-state index is -5.83. The molecule has 118 valence electrons. The third kappa shape index (κ3) is 2.72. The number of hydrogen-bond donors (Lipinski definition) is 0. The van der Waals surface area contributed by atoms with Crippen molar-refractivity contribution in [1.29, 1.82) is 0 Å². The van der Waals surface area contributed by atoms with Crippen LogP contribution in [0.1, 0.15) is 20.3 Å². The van der Waals surface area contributed by atoms with Crippen molar-refractivity contribution < 1.29 is 40.6 Å². The van der Waals surface area contributed by atoms with Gasteiger partial charge in [0.25, 0.3) is 0 Å². The van der Waals surface area contributed by atoms with E-state index in [4.69, 9.17) is 4.74 Å². The highest BCUT2D eigenvalue weighted by atomic mass is 19.3. The van der Waals surface area contributed by atoms with Crippen molar-refractivity contribution in [2.24, 2.45) is 5.41 Å². The van der Waals surface area contributed by atoms with Gasteiger partial charge in [0.15, 0.2) is 0 Å². The first-order chi connectivity index (χ1) is 8.90. The molecule has 0 aliphatic carbocycles. The molecule has 1 fully saturated rings.